The van der Waals surface area contributed by atoms with Crippen molar-refractivity contribution in [1.82, 2.24) is 0 Å². The minimum absolute atomic E-state index is 0.306. The largest absolute Gasteiger partial charge is 0.399 e. The van der Waals surface area contributed by atoms with Crippen molar-refractivity contribution in [3.05, 3.63) is 65.7 Å². The van der Waals surface area contributed by atoms with E-state index in [9.17, 15) is 9.59 Å². The summed E-state index contributed by atoms with van der Waals surface area (Å²) in [4.78, 5) is 22.9. The van der Waals surface area contributed by atoms with E-state index >= 15 is 0 Å². The predicted octanol–water partition coefficient (Wildman–Crippen LogP) is 2.02. The summed E-state index contributed by atoms with van der Waals surface area (Å²) < 4.78 is 0. The SMILES string of the molecule is NC(=O)c1cccc(NC(=O)/C=C/c2cccc(N)c2)c1. The van der Waals surface area contributed by atoms with Crippen LogP contribution in [0.2, 0.25) is 0 Å². The van der Waals surface area contributed by atoms with E-state index in [1.807, 2.05) is 12.1 Å². The van der Waals surface area contributed by atoms with Crippen molar-refractivity contribution in [3.8, 4) is 0 Å². The Bertz CT molecular complexity index is 708. The fraction of sp³-hybridized carbons (Fsp3) is 0. The van der Waals surface area contributed by atoms with Gasteiger partial charge in [0, 0.05) is 23.0 Å². The van der Waals surface area contributed by atoms with E-state index in [2.05, 4.69) is 5.32 Å². The van der Waals surface area contributed by atoms with Crippen LogP contribution < -0.4 is 16.8 Å². The number of nitrogens with one attached hydrogen (secondary N) is 1. The van der Waals surface area contributed by atoms with Gasteiger partial charge in [-0.1, -0.05) is 18.2 Å². The van der Waals surface area contributed by atoms with Crippen LogP contribution in [-0.2, 0) is 4.79 Å². The normalized spacial score (nSPS) is 10.5. The molecular weight excluding hydrogens is 266 g/mol. The zero-order chi connectivity index (χ0) is 15.2. The van der Waals surface area contributed by atoms with Gasteiger partial charge in [0.15, 0.2) is 0 Å². The monoisotopic (exact) mass is 281 g/mol. The Morgan fingerprint density at radius 1 is 1.05 bits per heavy atom. The van der Waals surface area contributed by atoms with Crippen LogP contribution in [0.5, 0.6) is 0 Å². The Morgan fingerprint density at radius 3 is 2.52 bits per heavy atom. The molecule has 0 unspecified atom stereocenters. The third-order valence-corrected chi connectivity index (χ3v) is 2.75. The van der Waals surface area contributed by atoms with Gasteiger partial charge in [0.25, 0.3) is 0 Å². The lowest BCUT2D eigenvalue weighted by molar-refractivity contribution is -0.111. The molecule has 0 saturated heterocycles. The summed E-state index contributed by atoms with van der Waals surface area (Å²) in [5.74, 6) is -0.847. The first kappa shape index (κ1) is 14.3. The number of amides is 2. The average Bonchev–Trinajstić information content (AvgIpc) is 2.45. The van der Waals surface area contributed by atoms with Crippen LogP contribution in [-0.4, -0.2) is 11.8 Å². The highest BCUT2D eigenvalue weighted by Crippen LogP contribution is 2.11. The van der Waals surface area contributed by atoms with Gasteiger partial charge in [-0.15, -0.1) is 0 Å². The second-order valence-corrected chi connectivity index (χ2v) is 4.44. The van der Waals surface area contributed by atoms with Gasteiger partial charge in [-0.05, 0) is 42.0 Å². The Morgan fingerprint density at radius 2 is 1.81 bits per heavy atom. The van der Waals surface area contributed by atoms with Crippen molar-refractivity contribution >= 4 is 29.3 Å². The highest BCUT2D eigenvalue weighted by atomic mass is 16.1. The third kappa shape index (κ3) is 4.21. The molecule has 0 radical (unpaired) electrons. The third-order valence-electron chi connectivity index (χ3n) is 2.75. The molecule has 0 atom stereocenters. The van der Waals surface area contributed by atoms with Gasteiger partial charge in [-0.3, -0.25) is 9.59 Å². The molecule has 0 aromatic heterocycles. The summed E-state index contributed by atoms with van der Waals surface area (Å²) in [6.45, 7) is 0. The number of anilines is 2. The van der Waals surface area contributed by atoms with Crippen molar-refractivity contribution in [3.63, 3.8) is 0 Å². The molecule has 0 heterocycles. The summed E-state index contributed by atoms with van der Waals surface area (Å²) in [5, 5.41) is 2.66. The molecule has 21 heavy (non-hydrogen) atoms. The van der Waals surface area contributed by atoms with E-state index in [4.69, 9.17) is 11.5 Å². The summed E-state index contributed by atoms with van der Waals surface area (Å²) in [7, 11) is 0. The quantitative estimate of drug-likeness (QED) is 0.590. The molecule has 0 spiro atoms. The number of rotatable bonds is 4. The molecule has 5 N–H and O–H groups in total. The zero-order valence-corrected chi connectivity index (χ0v) is 11.2. The molecule has 0 fully saturated rings. The topological polar surface area (TPSA) is 98.2 Å². The number of nitrogen functional groups attached to an aromatic ring is 1. The van der Waals surface area contributed by atoms with Gasteiger partial charge in [0.05, 0.1) is 0 Å². The first-order valence-electron chi connectivity index (χ1n) is 6.29. The summed E-state index contributed by atoms with van der Waals surface area (Å²) in [6.07, 6.45) is 3.05. The van der Waals surface area contributed by atoms with E-state index in [1.165, 1.54) is 12.1 Å². The Hall–Kier alpha value is -3.08. The zero-order valence-electron chi connectivity index (χ0n) is 11.2. The van der Waals surface area contributed by atoms with Crippen LogP contribution in [0.1, 0.15) is 15.9 Å². The van der Waals surface area contributed by atoms with E-state index in [1.54, 1.807) is 36.4 Å². The fourth-order valence-corrected chi connectivity index (χ4v) is 1.77. The second-order valence-electron chi connectivity index (χ2n) is 4.44. The van der Waals surface area contributed by atoms with E-state index in [-0.39, 0.29) is 5.91 Å². The fourth-order valence-electron chi connectivity index (χ4n) is 1.77. The minimum Gasteiger partial charge on any atom is -0.399 e. The highest BCUT2D eigenvalue weighted by molar-refractivity contribution is 6.03. The van der Waals surface area contributed by atoms with Crippen LogP contribution in [0.25, 0.3) is 6.08 Å². The summed E-state index contributed by atoms with van der Waals surface area (Å²) >= 11 is 0. The molecule has 2 amide bonds. The van der Waals surface area contributed by atoms with Crippen LogP contribution >= 0.6 is 0 Å². The maximum atomic E-state index is 11.8. The number of nitrogens with two attached hydrogens (primary N) is 2. The molecule has 2 rings (SSSR count). The highest BCUT2D eigenvalue weighted by Gasteiger charge is 2.03. The van der Waals surface area contributed by atoms with E-state index in [0.717, 1.165) is 5.56 Å². The lowest BCUT2D eigenvalue weighted by Gasteiger charge is -2.03. The Labute approximate surface area is 122 Å². The van der Waals surface area contributed by atoms with Gasteiger partial charge in [-0.2, -0.15) is 0 Å². The maximum absolute atomic E-state index is 11.8. The van der Waals surface area contributed by atoms with Crippen LogP contribution in [0.3, 0.4) is 0 Å². The number of benzene rings is 2. The van der Waals surface area contributed by atoms with Crippen molar-refractivity contribution in [2.45, 2.75) is 0 Å². The Balaban J connectivity index is 2.05. The maximum Gasteiger partial charge on any atom is 0.248 e. The van der Waals surface area contributed by atoms with Gasteiger partial charge in [-0.25, -0.2) is 0 Å². The number of carbonyl (C=O) groups excluding carboxylic acids is 2. The van der Waals surface area contributed by atoms with Gasteiger partial charge in [0.1, 0.15) is 0 Å². The van der Waals surface area contributed by atoms with Crippen molar-refractivity contribution in [2.75, 3.05) is 11.1 Å². The van der Waals surface area contributed by atoms with Gasteiger partial charge in [0.2, 0.25) is 11.8 Å². The van der Waals surface area contributed by atoms with Crippen LogP contribution in [0.15, 0.2) is 54.6 Å². The number of hydrogen-bond acceptors (Lipinski definition) is 3. The summed E-state index contributed by atoms with van der Waals surface area (Å²) in [6, 6.07) is 13.6. The lowest BCUT2D eigenvalue weighted by atomic mass is 10.2. The molecule has 5 heteroatoms. The van der Waals surface area contributed by atoms with Crippen LogP contribution in [0.4, 0.5) is 11.4 Å². The summed E-state index contributed by atoms with van der Waals surface area (Å²) in [5.41, 5.74) is 13.1. The minimum atomic E-state index is -0.540. The standard InChI is InChI=1S/C16H15N3O2/c17-13-5-1-3-11(9-13)7-8-15(20)19-14-6-2-4-12(10-14)16(18)21/h1-10H,17H2,(H2,18,21)(H,19,20)/b8-7+. The molecule has 5 nitrogen and oxygen atoms in total. The second kappa shape index (κ2) is 6.38. The average molecular weight is 281 g/mol. The van der Waals surface area contributed by atoms with Crippen molar-refractivity contribution in [2.24, 2.45) is 5.73 Å². The predicted molar refractivity (Wildman–Crippen MR) is 83.5 cm³/mol. The van der Waals surface area contributed by atoms with Crippen molar-refractivity contribution < 1.29 is 9.59 Å². The number of carbonyl (C=O) groups is 2. The van der Waals surface area contributed by atoms with Gasteiger partial charge >= 0.3 is 0 Å². The molecular formula is C16H15N3O2. The first-order valence-corrected chi connectivity index (χ1v) is 6.29. The molecule has 106 valence electrons. The molecule has 0 aliphatic heterocycles. The number of hydrogen-bond donors (Lipinski definition) is 3. The molecule has 0 saturated carbocycles. The number of primary amides is 1. The Kier molecular flexibility index (Phi) is 4.36. The van der Waals surface area contributed by atoms with Crippen molar-refractivity contribution in [1.29, 1.82) is 0 Å². The van der Waals surface area contributed by atoms with E-state index < -0.39 is 5.91 Å². The van der Waals surface area contributed by atoms with Gasteiger partial charge < -0.3 is 16.8 Å². The molecule has 0 aliphatic rings. The smallest absolute Gasteiger partial charge is 0.248 e. The first-order chi connectivity index (χ1) is 10.0. The molecule has 0 bridgehead atoms. The van der Waals surface area contributed by atoms with Crippen LogP contribution in [0, 0.1) is 0 Å². The molecule has 2 aromatic rings. The van der Waals surface area contributed by atoms with E-state index in [0.29, 0.717) is 16.9 Å². The lowest BCUT2D eigenvalue weighted by Crippen LogP contribution is -2.12. The molecule has 2 aromatic carbocycles. The molecule has 0 aliphatic carbocycles.